The van der Waals surface area contributed by atoms with E-state index in [4.69, 9.17) is 11.0 Å². The van der Waals surface area contributed by atoms with Crippen LogP contribution in [0.2, 0.25) is 0 Å². The van der Waals surface area contributed by atoms with Crippen molar-refractivity contribution in [3.63, 3.8) is 0 Å². The Morgan fingerprint density at radius 1 is 1.50 bits per heavy atom. The molecule has 0 saturated heterocycles. The Morgan fingerprint density at radius 3 is 3.00 bits per heavy atom. The molecule has 0 bridgehead atoms. The van der Waals surface area contributed by atoms with Gasteiger partial charge in [0.05, 0.1) is 18.2 Å². The summed E-state index contributed by atoms with van der Waals surface area (Å²) in [5.41, 5.74) is 6.46. The van der Waals surface area contributed by atoms with Crippen LogP contribution in [-0.2, 0) is 6.42 Å². The minimum absolute atomic E-state index is 0.200. The lowest BCUT2D eigenvalue weighted by atomic mass is 10.2. The van der Waals surface area contributed by atoms with Gasteiger partial charge in [0.2, 0.25) is 0 Å². The molecule has 0 unspecified atom stereocenters. The molecule has 0 amide bonds. The topological polar surface area (TPSA) is 70.0 Å². The molecule has 0 fully saturated rings. The van der Waals surface area contributed by atoms with Crippen molar-refractivity contribution < 1.29 is 5.11 Å². The number of anilines is 1. The van der Waals surface area contributed by atoms with E-state index in [1.54, 1.807) is 12.1 Å². The number of hydrogen-bond acceptors (Lipinski definition) is 4. The lowest BCUT2D eigenvalue weighted by Gasteiger charge is -1.93. The summed E-state index contributed by atoms with van der Waals surface area (Å²) in [6.45, 7) is 0. The molecule has 0 aliphatic carbocycles. The molecule has 1 heterocycles. The summed E-state index contributed by atoms with van der Waals surface area (Å²) in [5, 5.41) is 18.7. The maximum Gasteiger partial charge on any atom is 0.116 e. The first-order valence-electron chi connectivity index (χ1n) is 4.09. The normalized spacial score (nSPS) is 10.2. The highest BCUT2D eigenvalue weighted by Gasteiger charge is 2.08. The molecule has 0 saturated carbocycles. The second kappa shape index (κ2) is 3.20. The van der Waals surface area contributed by atoms with Crippen LogP contribution in [0.3, 0.4) is 0 Å². The molecule has 4 heteroatoms. The zero-order valence-corrected chi connectivity index (χ0v) is 8.14. The smallest absolute Gasteiger partial charge is 0.116 e. The Hall–Kier alpha value is -1.73. The average molecular weight is 204 g/mol. The minimum atomic E-state index is 0.200. The second-order valence-electron chi connectivity index (χ2n) is 2.95. The third-order valence-corrected chi connectivity index (χ3v) is 3.21. The molecule has 1 aromatic carbocycles. The van der Waals surface area contributed by atoms with Crippen LogP contribution in [0.25, 0.3) is 10.1 Å². The van der Waals surface area contributed by atoms with Gasteiger partial charge < -0.3 is 10.8 Å². The van der Waals surface area contributed by atoms with E-state index in [2.05, 4.69) is 6.07 Å². The molecule has 0 atom stereocenters. The first-order valence-corrected chi connectivity index (χ1v) is 4.91. The quantitative estimate of drug-likeness (QED) is 0.748. The van der Waals surface area contributed by atoms with E-state index in [9.17, 15) is 5.11 Å². The molecule has 0 aliphatic heterocycles. The third kappa shape index (κ3) is 1.28. The van der Waals surface area contributed by atoms with E-state index in [0.717, 1.165) is 15.0 Å². The van der Waals surface area contributed by atoms with Crippen molar-refractivity contribution in [3.05, 3.63) is 23.1 Å². The Balaban J connectivity index is 2.69. The number of nitrogen functional groups attached to an aromatic ring is 1. The lowest BCUT2D eigenvalue weighted by molar-refractivity contribution is 0.476. The molecule has 0 radical (unpaired) electrons. The standard InChI is InChI=1S/C10H8N2OS/c11-4-3-9-10(12)7-5-6(13)1-2-8(7)14-9/h1-2,5,13H,3,12H2. The van der Waals surface area contributed by atoms with E-state index in [1.165, 1.54) is 11.3 Å². The zero-order chi connectivity index (χ0) is 10.1. The van der Waals surface area contributed by atoms with Crippen molar-refractivity contribution in [2.45, 2.75) is 6.42 Å². The van der Waals surface area contributed by atoms with Gasteiger partial charge in [0.15, 0.2) is 0 Å². The molecule has 1 aromatic heterocycles. The number of nitriles is 1. The van der Waals surface area contributed by atoms with Gasteiger partial charge in [-0.1, -0.05) is 0 Å². The van der Waals surface area contributed by atoms with Gasteiger partial charge in [-0.2, -0.15) is 5.26 Å². The Bertz CT molecular complexity index is 525. The largest absolute Gasteiger partial charge is 0.508 e. The van der Waals surface area contributed by atoms with Crippen molar-refractivity contribution in [2.75, 3.05) is 5.73 Å². The highest BCUT2D eigenvalue weighted by molar-refractivity contribution is 7.19. The first-order chi connectivity index (χ1) is 6.72. The lowest BCUT2D eigenvalue weighted by Crippen LogP contribution is -1.87. The van der Waals surface area contributed by atoms with Crippen LogP contribution in [0, 0.1) is 11.3 Å². The van der Waals surface area contributed by atoms with Crippen molar-refractivity contribution in [1.29, 1.82) is 5.26 Å². The van der Waals surface area contributed by atoms with Crippen molar-refractivity contribution in [1.82, 2.24) is 0 Å². The SMILES string of the molecule is N#CCc1sc2ccc(O)cc2c1N. The number of benzene rings is 1. The first kappa shape index (κ1) is 8.85. The van der Waals surface area contributed by atoms with Gasteiger partial charge in [-0.15, -0.1) is 11.3 Å². The predicted molar refractivity (Wildman–Crippen MR) is 57.2 cm³/mol. The fourth-order valence-corrected chi connectivity index (χ4v) is 2.40. The van der Waals surface area contributed by atoms with Gasteiger partial charge in [-0.25, -0.2) is 0 Å². The molecular formula is C10H8N2OS. The van der Waals surface area contributed by atoms with E-state index in [1.807, 2.05) is 6.07 Å². The van der Waals surface area contributed by atoms with Gasteiger partial charge >= 0.3 is 0 Å². The van der Waals surface area contributed by atoms with Crippen molar-refractivity contribution in [2.24, 2.45) is 0 Å². The van der Waals surface area contributed by atoms with Crippen LogP contribution in [0.4, 0.5) is 5.69 Å². The van der Waals surface area contributed by atoms with E-state index < -0.39 is 0 Å². The van der Waals surface area contributed by atoms with E-state index in [0.29, 0.717) is 12.1 Å². The maximum absolute atomic E-state index is 9.28. The molecule has 0 aliphatic rings. The summed E-state index contributed by atoms with van der Waals surface area (Å²) < 4.78 is 1.01. The van der Waals surface area contributed by atoms with Gasteiger partial charge in [0.25, 0.3) is 0 Å². The predicted octanol–water partition coefficient (Wildman–Crippen LogP) is 2.26. The van der Waals surface area contributed by atoms with Crippen LogP contribution in [-0.4, -0.2) is 5.11 Å². The Morgan fingerprint density at radius 2 is 2.29 bits per heavy atom. The molecule has 2 rings (SSSR count). The number of fused-ring (bicyclic) bond motifs is 1. The maximum atomic E-state index is 9.28. The molecule has 70 valence electrons. The average Bonchev–Trinajstić information content (AvgIpc) is 2.46. The summed E-state index contributed by atoms with van der Waals surface area (Å²) in [6.07, 6.45) is 0.325. The third-order valence-electron chi connectivity index (χ3n) is 2.03. The molecule has 2 aromatic rings. The summed E-state index contributed by atoms with van der Waals surface area (Å²) in [7, 11) is 0. The summed E-state index contributed by atoms with van der Waals surface area (Å²) in [6, 6.07) is 7.13. The van der Waals surface area contributed by atoms with Gasteiger partial charge in [-0.05, 0) is 18.2 Å². The highest BCUT2D eigenvalue weighted by atomic mass is 32.1. The molecule has 0 spiro atoms. The van der Waals surface area contributed by atoms with Crippen molar-refractivity contribution >= 4 is 27.1 Å². The molecule has 3 nitrogen and oxygen atoms in total. The monoisotopic (exact) mass is 204 g/mol. The van der Waals surface area contributed by atoms with Crippen LogP contribution < -0.4 is 5.73 Å². The van der Waals surface area contributed by atoms with E-state index >= 15 is 0 Å². The van der Waals surface area contributed by atoms with Crippen LogP contribution in [0.15, 0.2) is 18.2 Å². The van der Waals surface area contributed by atoms with Gasteiger partial charge in [0, 0.05) is 15.0 Å². The van der Waals surface area contributed by atoms with Crippen LogP contribution in [0.5, 0.6) is 5.75 Å². The number of nitrogens with zero attached hydrogens (tertiary/aromatic N) is 1. The molecule has 3 N–H and O–H groups in total. The fourth-order valence-electron chi connectivity index (χ4n) is 1.36. The number of rotatable bonds is 1. The fraction of sp³-hybridized carbons (Fsp3) is 0.100. The van der Waals surface area contributed by atoms with Crippen LogP contribution in [0.1, 0.15) is 4.88 Å². The van der Waals surface area contributed by atoms with E-state index in [-0.39, 0.29) is 5.75 Å². The van der Waals surface area contributed by atoms with Gasteiger partial charge in [0.1, 0.15) is 5.75 Å². The second-order valence-corrected chi connectivity index (χ2v) is 4.09. The molecule has 14 heavy (non-hydrogen) atoms. The number of thiophene rings is 1. The number of aromatic hydroxyl groups is 1. The number of phenols is 1. The number of nitrogens with two attached hydrogens (primary N) is 1. The number of hydrogen-bond donors (Lipinski definition) is 2. The van der Waals surface area contributed by atoms with Gasteiger partial charge in [-0.3, -0.25) is 0 Å². The molecular weight excluding hydrogens is 196 g/mol. The zero-order valence-electron chi connectivity index (χ0n) is 7.32. The van der Waals surface area contributed by atoms with Crippen LogP contribution >= 0.6 is 11.3 Å². The summed E-state index contributed by atoms with van der Waals surface area (Å²) in [5.74, 6) is 0.200. The number of phenolic OH excluding ortho intramolecular Hbond substituents is 1. The van der Waals surface area contributed by atoms with Crippen molar-refractivity contribution in [3.8, 4) is 11.8 Å². The highest BCUT2D eigenvalue weighted by Crippen LogP contribution is 2.35. The Kier molecular flexibility index (Phi) is 2.02. The summed E-state index contributed by atoms with van der Waals surface area (Å²) >= 11 is 1.50. The Labute approximate surface area is 85.0 Å². The minimum Gasteiger partial charge on any atom is -0.508 e. The summed E-state index contributed by atoms with van der Waals surface area (Å²) in [4.78, 5) is 0.869.